The van der Waals surface area contributed by atoms with Gasteiger partial charge in [-0.25, -0.2) is 0 Å². The van der Waals surface area contributed by atoms with Crippen molar-refractivity contribution in [1.82, 2.24) is 5.32 Å². The molecule has 0 aromatic carbocycles. The highest BCUT2D eigenvalue weighted by molar-refractivity contribution is 7.12. The molecule has 0 unspecified atom stereocenters. The Morgan fingerprint density at radius 1 is 1.12 bits per heavy atom. The third kappa shape index (κ3) is 2.33. The predicted molar refractivity (Wildman–Crippen MR) is 70.1 cm³/mol. The Labute approximate surface area is 102 Å². The number of hydrogen-bond acceptors (Lipinski definition) is 2. The SMILES string of the molecule is c1c(CNC2CCCCC2)sc2c1CCC2. The fraction of sp³-hybridized carbons (Fsp3) is 0.714. The topological polar surface area (TPSA) is 12.0 Å². The molecule has 0 aliphatic heterocycles. The van der Waals surface area contributed by atoms with Gasteiger partial charge in [-0.05, 0) is 43.7 Å². The number of hydrogen-bond donors (Lipinski definition) is 1. The molecule has 88 valence electrons. The van der Waals surface area contributed by atoms with Crippen molar-refractivity contribution >= 4 is 11.3 Å². The van der Waals surface area contributed by atoms with E-state index in [1.54, 1.807) is 15.3 Å². The summed E-state index contributed by atoms with van der Waals surface area (Å²) in [5.41, 5.74) is 1.64. The summed E-state index contributed by atoms with van der Waals surface area (Å²) in [7, 11) is 0. The number of thiophene rings is 1. The van der Waals surface area contributed by atoms with Crippen LogP contribution < -0.4 is 5.32 Å². The summed E-state index contributed by atoms with van der Waals surface area (Å²) < 4.78 is 0. The molecule has 2 aliphatic carbocycles. The molecule has 1 saturated carbocycles. The lowest BCUT2D eigenvalue weighted by Gasteiger charge is -2.22. The summed E-state index contributed by atoms with van der Waals surface area (Å²) in [4.78, 5) is 3.23. The van der Waals surface area contributed by atoms with Crippen LogP contribution in [0.1, 0.15) is 53.8 Å². The maximum atomic E-state index is 3.74. The van der Waals surface area contributed by atoms with E-state index in [4.69, 9.17) is 0 Å². The zero-order valence-electron chi connectivity index (χ0n) is 9.93. The van der Waals surface area contributed by atoms with Crippen LogP contribution in [0.25, 0.3) is 0 Å². The number of aryl methyl sites for hydroxylation is 2. The van der Waals surface area contributed by atoms with Gasteiger partial charge in [0.1, 0.15) is 0 Å². The fourth-order valence-corrected chi connectivity index (χ4v) is 4.24. The summed E-state index contributed by atoms with van der Waals surface area (Å²) in [6.07, 6.45) is 11.1. The first-order chi connectivity index (χ1) is 7.92. The van der Waals surface area contributed by atoms with Crippen molar-refractivity contribution in [1.29, 1.82) is 0 Å². The molecule has 2 heteroatoms. The lowest BCUT2D eigenvalue weighted by Crippen LogP contribution is -2.30. The van der Waals surface area contributed by atoms with Gasteiger partial charge in [0.2, 0.25) is 0 Å². The average Bonchev–Trinajstić information content (AvgIpc) is 2.88. The Morgan fingerprint density at radius 2 is 2.00 bits per heavy atom. The van der Waals surface area contributed by atoms with Gasteiger partial charge in [-0.3, -0.25) is 0 Å². The van der Waals surface area contributed by atoms with Gasteiger partial charge in [-0.2, -0.15) is 0 Å². The van der Waals surface area contributed by atoms with Gasteiger partial charge in [0.25, 0.3) is 0 Å². The second-order valence-electron chi connectivity index (χ2n) is 5.23. The molecular weight excluding hydrogens is 214 g/mol. The summed E-state index contributed by atoms with van der Waals surface area (Å²) in [5, 5.41) is 3.74. The summed E-state index contributed by atoms with van der Waals surface area (Å²) in [5.74, 6) is 0. The van der Waals surface area contributed by atoms with Crippen molar-refractivity contribution in [2.24, 2.45) is 0 Å². The van der Waals surface area contributed by atoms with Crippen LogP contribution in [0, 0.1) is 0 Å². The maximum absolute atomic E-state index is 3.74. The van der Waals surface area contributed by atoms with Gasteiger partial charge in [-0.1, -0.05) is 19.3 Å². The number of fused-ring (bicyclic) bond motifs is 1. The quantitative estimate of drug-likeness (QED) is 0.843. The van der Waals surface area contributed by atoms with Gasteiger partial charge >= 0.3 is 0 Å². The molecule has 3 rings (SSSR count). The Bertz CT molecular complexity index is 328. The number of rotatable bonds is 3. The average molecular weight is 235 g/mol. The molecule has 0 atom stereocenters. The Hall–Kier alpha value is -0.340. The van der Waals surface area contributed by atoms with Crippen LogP contribution in [-0.4, -0.2) is 6.04 Å². The molecule has 1 heterocycles. The van der Waals surface area contributed by atoms with Crippen LogP contribution in [0.3, 0.4) is 0 Å². The van der Waals surface area contributed by atoms with E-state index in [-0.39, 0.29) is 0 Å². The molecule has 16 heavy (non-hydrogen) atoms. The van der Waals surface area contributed by atoms with Gasteiger partial charge in [-0.15, -0.1) is 11.3 Å². The lowest BCUT2D eigenvalue weighted by atomic mass is 9.95. The zero-order valence-corrected chi connectivity index (χ0v) is 10.7. The van der Waals surface area contributed by atoms with E-state index in [2.05, 4.69) is 11.4 Å². The zero-order chi connectivity index (χ0) is 10.8. The van der Waals surface area contributed by atoms with E-state index < -0.39 is 0 Å². The van der Waals surface area contributed by atoms with Crippen molar-refractivity contribution < 1.29 is 0 Å². The second kappa shape index (κ2) is 4.89. The van der Waals surface area contributed by atoms with E-state index >= 15 is 0 Å². The van der Waals surface area contributed by atoms with Crippen molar-refractivity contribution in [3.05, 3.63) is 21.4 Å². The van der Waals surface area contributed by atoms with Crippen LogP contribution in [0.5, 0.6) is 0 Å². The summed E-state index contributed by atoms with van der Waals surface area (Å²) in [6.45, 7) is 1.11. The normalized spacial score (nSPS) is 21.2. The highest BCUT2D eigenvalue weighted by Crippen LogP contribution is 2.30. The molecule has 1 aromatic rings. The molecule has 0 spiro atoms. The van der Waals surface area contributed by atoms with Crippen LogP contribution >= 0.6 is 11.3 Å². The van der Waals surface area contributed by atoms with E-state index in [0.717, 1.165) is 12.6 Å². The van der Waals surface area contributed by atoms with Crippen molar-refractivity contribution in [3.63, 3.8) is 0 Å². The van der Waals surface area contributed by atoms with Gasteiger partial charge in [0.15, 0.2) is 0 Å². The minimum atomic E-state index is 0.797. The van der Waals surface area contributed by atoms with Gasteiger partial charge < -0.3 is 5.32 Å². The molecule has 1 N–H and O–H groups in total. The minimum absolute atomic E-state index is 0.797. The van der Waals surface area contributed by atoms with Crippen molar-refractivity contribution in [2.45, 2.75) is 64.0 Å². The minimum Gasteiger partial charge on any atom is -0.309 e. The van der Waals surface area contributed by atoms with E-state index in [0.29, 0.717) is 0 Å². The molecule has 0 saturated heterocycles. The van der Waals surface area contributed by atoms with E-state index in [9.17, 15) is 0 Å². The molecule has 1 nitrogen and oxygen atoms in total. The number of nitrogens with one attached hydrogen (secondary N) is 1. The van der Waals surface area contributed by atoms with Crippen molar-refractivity contribution in [3.8, 4) is 0 Å². The largest absolute Gasteiger partial charge is 0.309 e. The molecule has 1 aromatic heterocycles. The van der Waals surface area contributed by atoms with Crippen LogP contribution in [0.15, 0.2) is 6.07 Å². The molecule has 0 amide bonds. The van der Waals surface area contributed by atoms with Crippen LogP contribution in [0.4, 0.5) is 0 Å². The first-order valence-electron chi connectivity index (χ1n) is 6.75. The maximum Gasteiger partial charge on any atom is 0.0302 e. The molecule has 2 aliphatic rings. The molecular formula is C14H21NS. The molecule has 0 radical (unpaired) electrons. The Morgan fingerprint density at radius 3 is 2.81 bits per heavy atom. The van der Waals surface area contributed by atoms with Gasteiger partial charge in [0.05, 0.1) is 0 Å². The smallest absolute Gasteiger partial charge is 0.0302 e. The highest BCUT2D eigenvalue weighted by atomic mass is 32.1. The molecule has 0 bridgehead atoms. The predicted octanol–water partition coefficient (Wildman–Crippen LogP) is 3.66. The second-order valence-corrected chi connectivity index (χ2v) is 6.45. The highest BCUT2D eigenvalue weighted by Gasteiger charge is 2.16. The Kier molecular flexibility index (Phi) is 3.30. The third-order valence-electron chi connectivity index (χ3n) is 3.97. The van der Waals surface area contributed by atoms with Crippen LogP contribution in [0.2, 0.25) is 0 Å². The Balaban J connectivity index is 1.53. The monoisotopic (exact) mass is 235 g/mol. The van der Waals surface area contributed by atoms with E-state index in [1.165, 1.54) is 51.4 Å². The van der Waals surface area contributed by atoms with E-state index in [1.807, 2.05) is 11.3 Å². The lowest BCUT2D eigenvalue weighted by molar-refractivity contribution is 0.373. The first-order valence-corrected chi connectivity index (χ1v) is 7.57. The summed E-state index contributed by atoms with van der Waals surface area (Å²) >= 11 is 2.05. The van der Waals surface area contributed by atoms with Crippen molar-refractivity contribution in [2.75, 3.05) is 0 Å². The standard InChI is InChI=1S/C14H21NS/c1-2-6-12(7-3-1)15-10-13-9-11-5-4-8-14(11)16-13/h9,12,15H,1-8,10H2. The fourth-order valence-electron chi connectivity index (χ4n) is 3.03. The van der Waals surface area contributed by atoms with Crippen LogP contribution in [-0.2, 0) is 19.4 Å². The third-order valence-corrected chi connectivity index (χ3v) is 5.20. The molecule has 1 fully saturated rings. The first kappa shape index (κ1) is 10.8. The van der Waals surface area contributed by atoms with Gasteiger partial charge in [0, 0.05) is 22.3 Å². The summed E-state index contributed by atoms with van der Waals surface area (Å²) in [6, 6.07) is 3.24.